The van der Waals surface area contributed by atoms with Crippen LogP contribution in [0.3, 0.4) is 0 Å². The average Bonchev–Trinajstić information content (AvgIpc) is 2.96. The van der Waals surface area contributed by atoms with E-state index in [0.717, 1.165) is 55.0 Å². The van der Waals surface area contributed by atoms with Crippen molar-refractivity contribution < 1.29 is 4.42 Å². The van der Waals surface area contributed by atoms with Gasteiger partial charge in [-0.25, -0.2) is 0 Å². The molecule has 0 radical (unpaired) electrons. The van der Waals surface area contributed by atoms with Gasteiger partial charge < -0.3 is 15.1 Å². The Kier molecular flexibility index (Phi) is 4.48. The van der Waals surface area contributed by atoms with Crippen LogP contribution in [-0.2, 0) is 13.1 Å². The van der Waals surface area contributed by atoms with E-state index in [9.17, 15) is 0 Å². The third kappa shape index (κ3) is 3.40. The molecule has 1 fully saturated rings. The molecule has 0 unspecified atom stereocenters. The number of rotatable bonds is 4. The van der Waals surface area contributed by atoms with Gasteiger partial charge in [-0.05, 0) is 24.3 Å². The SMILES string of the molecule is NCc1ccc(CN2CCN(c3ccccc3Cl)CC2)o1. The highest BCUT2D eigenvalue weighted by Crippen LogP contribution is 2.26. The van der Waals surface area contributed by atoms with Crippen LogP contribution < -0.4 is 10.6 Å². The molecule has 4 nitrogen and oxygen atoms in total. The molecule has 0 spiro atoms. The number of para-hydroxylation sites is 1. The molecule has 2 aromatic rings. The zero-order chi connectivity index (χ0) is 14.7. The standard InChI is InChI=1S/C16H20ClN3O/c17-15-3-1-2-4-16(15)20-9-7-19(8-10-20)12-14-6-5-13(11-18)21-14/h1-6H,7-12,18H2. The van der Waals surface area contributed by atoms with Crippen molar-refractivity contribution in [3.63, 3.8) is 0 Å². The molecule has 0 amide bonds. The van der Waals surface area contributed by atoms with E-state index in [2.05, 4.69) is 15.9 Å². The second-order valence-electron chi connectivity index (χ2n) is 5.29. The molecule has 21 heavy (non-hydrogen) atoms. The lowest BCUT2D eigenvalue weighted by Gasteiger charge is -2.36. The first-order valence-corrected chi connectivity index (χ1v) is 7.63. The summed E-state index contributed by atoms with van der Waals surface area (Å²) in [4.78, 5) is 4.73. The Labute approximate surface area is 130 Å². The Morgan fingerprint density at radius 3 is 2.38 bits per heavy atom. The number of nitrogens with two attached hydrogens (primary N) is 1. The van der Waals surface area contributed by atoms with Crippen LogP contribution in [0.4, 0.5) is 5.69 Å². The van der Waals surface area contributed by atoms with Gasteiger partial charge in [0.05, 0.1) is 23.8 Å². The number of nitrogens with zero attached hydrogens (tertiary/aromatic N) is 2. The third-order valence-corrected chi connectivity index (χ3v) is 4.18. The van der Waals surface area contributed by atoms with Gasteiger partial charge in [0, 0.05) is 26.2 Å². The zero-order valence-electron chi connectivity index (χ0n) is 12.0. The number of benzene rings is 1. The van der Waals surface area contributed by atoms with E-state index < -0.39 is 0 Å². The molecule has 2 heterocycles. The molecule has 1 saturated heterocycles. The molecule has 5 heteroatoms. The predicted octanol–water partition coefficient (Wildman–Crippen LogP) is 2.71. The second-order valence-corrected chi connectivity index (χ2v) is 5.69. The summed E-state index contributed by atoms with van der Waals surface area (Å²) in [6, 6.07) is 12.0. The van der Waals surface area contributed by atoms with Crippen LogP contribution in [0.15, 0.2) is 40.8 Å². The van der Waals surface area contributed by atoms with Gasteiger partial charge in [0.25, 0.3) is 0 Å². The summed E-state index contributed by atoms with van der Waals surface area (Å²) in [6.07, 6.45) is 0. The first-order chi connectivity index (χ1) is 10.3. The molecule has 0 atom stereocenters. The lowest BCUT2D eigenvalue weighted by atomic mass is 10.2. The molecule has 0 saturated carbocycles. The number of piperazine rings is 1. The van der Waals surface area contributed by atoms with Gasteiger partial charge in [-0.15, -0.1) is 0 Å². The molecule has 1 aliphatic heterocycles. The van der Waals surface area contributed by atoms with E-state index in [0.29, 0.717) is 6.54 Å². The van der Waals surface area contributed by atoms with E-state index in [4.69, 9.17) is 21.8 Å². The second kappa shape index (κ2) is 6.52. The fourth-order valence-corrected chi connectivity index (χ4v) is 2.95. The fraction of sp³-hybridized carbons (Fsp3) is 0.375. The summed E-state index contributed by atoms with van der Waals surface area (Å²) in [5.74, 6) is 1.83. The van der Waals surface area contributed by atoms with Crippen molar-refractivity contribution in [3.8, 4) is 0 Å². The van der Waals surface area contributed by atoms with E-state index in [1.165, 1.54) is 0 Å². The van der Waals surface area contributed by atoms with E-state index in [1.54, 1.807) is 0 Å². The first kappa shape index (κ1) is 14.4. The summed E-state index contributed by atoms with van der Waals surface area (Å²) in [5, 5.41) is 0.824. The normalized spacial score (nSPS) is 16.4. The smallest absolute Gasteiger partial charge is 0.118 e. The van der Waals surface area contributed by atoms with Crippen molar-refractivity contribution in [1.82, 2.24) is 4.90 Å². The Bertz CT molecular complexity index is 591. The van der Waals surface area contributed by atoms with Crippen molar-refractivity contribution in [2.45, 2.75) is 13.1 Å². The van der Waals surface area contributed by atoms with Crippen LogP contribution >= 0.6 is 11.6 Å². The van der Waals surface area contributed by atoms with Gasteiger partial charge in [0.15, 0.2) is 0 Å². The number of furan rings is 1. The van der Waals surface area contributed by atoms with Crippen molar-refractivity contribution in [2.75, 3.05) is 31.1 Å². The summed E-state index contributed by atoms with van der Waals surface area (Å²) in [6.45, 7) is 5.27. The summed E-state index contributed by atoms with van der Waals surface area (Å²) in [7, 11) is 0. The van der Waals surface area contributed by atoms with Crippen molar-refractivity contribution in [1.29, 1.82) is 0 Å². The zero-order valence-corrected chi connectivity index (χ0v) is 12.7. The average molecular weight is 306 g/mol. The highest BCUT2D eigenvalue weighted by molar-refractivity contribution is 6.33. The van der Waals surface area contributed by atoms with Crippen LogP contribution in [0.2, 0.25) is 5.02 Å². The minimum Gasteiger partial charge on any atom is -0.463 e. The molecule has 112 valence electrons. The molecule has 1 aliphatic rings. The Morgan fingerprint density at radius 1 is 1.00 bits per heavy atom. The van der Waals surface area contributed by atoms with E-state index in [1.807, 2.05) is 30.3 Å². The lowest BCUT2D eigenvalue weighted by Crippen LogP contribution is -2.46. The van der Waals surface area contributed by atoms with Crippen molar-refractivity contribution >= 4 is 17.3 Å². The van der Waals surface area contributed by atoms with Gasteiger partial charge in [-0.2, -0.15) is 0 Å². The maximum absolute atomic E-state index is 6.26. The summed E-state index contributed by atoms with van der Waals surface area (Å²) in [5.41, 5.74) is 6.69. The number of anilines is 1. The van der Waals surface area contributed by atoms with Gasteiger partial charge in [0.1, 0.15) is 11.5 Å². The Balaban J connectivity index is 1.56. The first-order valence-electron chi connectivity index (χ1n) is 7.26. The maximum atomic E-state index is 6.26. The number of halogens is 1. The van der Waals surface area contributed by atoms with Crippen molar-refractivity contribution in [3.05, 3.63) is 52.9 Å². The van der Waals surface area contributed by atoms with Gasteiger partial charge in [0.2, 0.25) is 0 Å². The highest BCUT2D eigenvalue weighted by Gasteiger charge is 2.19. The van der Waals surface area contributed by atoms with Crippen LogP contribution in [0.25, 0.3) is 0 Å². The topological polar surface area (TPSA) is 45.6 Å². The minimum atomic E-state index is 0.459. The Morgan fingerprint density at radius 2 is 1.71 bits per heavy atom. The summed E-state index contributed by atoms with van der Waals surface area (Å²) < 4.78 is 5.66. The molecule has 1 aromatic heterocycles. The van der Waals surface area contributed by atoms with E-state index in [-0.39, 0.29) is 0 Å². The monoisotopic (exact) mass is 305 g/mol. The summed E-state index contributed by atoms with van der Waals surface area (Å²) >= 11 is 6.26. The predicted molar refractivity (Wildman–Crippen MR) is 85.5 cm³/mol. The Hall–Kier alpha value is -1.49. The molecule has 3 rings (SSSR count). The van der Waals surface area contributed by atoms with Crippen molar-refractivity contribution in [2.24, 2.45) is 5.73 Å². The number of hydrogen-bond donors (Lipinski definition) is 1. The fourth-order valence-electron chi connectivity index (χ4n) is 2.69. The van der Waals surface area contributed by atoms with Gasteiger partial charge in [-0.3, -0.25) is 4.90 Å². The largest absolute Gasteiger partial charge is 0.463 e. The number of hydrogen-bond acceptors (Lipinski definition) is 4. The molecule has 0 aliphatic carbocycles. The molecule has 0 bridgehead atoms. The van der Waals surface area contributed by atoms with E-state index >= 15 is 0 Å². The quantitative estimate of drug-likeness (QED) is 0.943. The highest BCUT2D eigenvalue weighted by atomic mass is 35.5. The van der Waals surface area contributed by atoms with Gasteiger partial charge >= 0.3 is 0 Å². The molecular formula is C16H20ClN3O. The maximum Gasteiger partial charge on any atom is 0.118 e. The lowest BCUT2D eigenvalue weighted by molar-refractivity contribution is 0.228. The molecule has 2 N–H and O–H groups in total. The van der Waals surface area contributed by atoms with Crippen LogP contribution in [0.5, 0.6) is 0 Å². The van der Waals surface area contributed by atoms with Crippen LogP contribution in [-0.4, -0.2) is 31.1 Å². The minimum absolute atomic E-state index is 0.459. The third-order valence-electron chi connectivity index (χ3n) is 3.86. The van der Waals surface area contributed by atoms with Crippen LogP contribution in [0.1, 0.15) is 11.5 Å². The van der Waals surface area contributed by atoms with Gasteiger partial charge in [-0.1, -0.05) is 23.7 Å². The van der Waals surface area contributed by atoms with Crippen LogP contribution in [0, 0.1) is 0 Å². The molecule has 1 aromatic carbocycles. The molecular weight excluding hydrogens is 286 g/mol.